The quantitative estimate of drug-likeness (QED) is 0.178. The van der Waals surface area contributed by atoms with Gasteiger partial charge >= 0.3 is 0 Å². The predicted octanol–water partition coefficient (Wildman–Crippen LogP) is 7.45. The molecule has 2 rings (SSSR count). The van der Waals surface area contributed by atoms with Gasteiger partial charge in [-0.05, 0) is 37.1 Å². The van der Waals surface area contributed by atoms with E-state index in [-0.39, 0.29) is 9.52 Å². The standard InChI is InChI=1S/C27H43NO2Si/c1-3-5-7-8-9-10-18-30-26-16-17-27(28-23-26)24-14-13-15-25(22-24)29-19-11-12-21-31-20-6-4-2/h13-17,22-23H,3-12,18-21,31H2,1-2H3. The summed E-state index contributed by atoms with van der Waals surface area (Å²) in [5.41, 5.74) is 2.05. The molecule has 172 valence electrons. The highest BCUT2D eigenvalue weighted by molar-refractivity contribution is 6.35. The average Bonchev–Trinajstić information content (AvgIpc) is 2.81. The third kappa shape index (κ3) is 11.4. The molecule has 0 saturated heterocycles. The van der Waals surface area contributed by atoms with E-state index in [2.05, 4.69) is 31.0 Å². The van der Waals surface area contributed by atoms with Crippen molar-refractivity contribution in [3.05, 3.63) is 42.6 Å². The molecule has 0 unspecified atom stereocenters. The monoisotopic (exact) mass is 441 g/mol. The van der Waals surface area contributed by atoms with Gasteiger partial charge in [0.15, 0.2) is 0 Å². The highest BCUT2D eigenvalue weighted by Gasteiger charge is 2.03. The van der Waals surface area contributed by atoms with Gasteiger partial charge in [-0.25, -0.2) is 0 Å². The number of aromatic nitrogens is 1. The van der Waals surface area contributed by atoms with E-state index >= 15 is 0 Å². The Hall–Kier alpha value is -1.81. The van der Waals surface area contributed by atoms with E-state index in [0.29, 0.717) is 0 Å². The van der Waals surface area contributed by atoms with Crippen LogP contribution in [0.1, 0.15) is 78.1 Å². The second-order valence-corrected chi connectivity index (χ2v) is 10.6. The van der Waals surface area contributed by atoms with Crippen LogP contribution in [-0.4, -0.2) is 27.7 Å². The predicted molar refractivity (Wildman–Crippen MR) is 136 cm³/mol. The molecule has 0 fully saturated rings. The fourth-order valence-electron chi connectivity index (χ4n) is 3.70. The topological polar surface area (TPSA) is 31.4 Å². The van der Waals surface area contributed by atoms with Crippen molar-refractivity contribution in [2.75, 3.05) is 13.2 Å². The Labute approximate surface area is 192 Å². The second-order valence-electron chi connectivity index (χ2n) is 8.49. The number of ether oxygens (including phenoxy) is 2. The van der Waals surface area contributed by atoms with Gasteiger partial charge in [0.2, 0.25) is 0 Å². The van der Waals surface area contributed by atoms with Crippen LogP contribution < -0.4 is 9.47 Å². The van der Waals surface area contributed by atoms with E-state index in [4.69, 9.17) is 9.47 Å². The van der Waals surface area contributed by atoms with Crippen molar-refractivity contribution < 1.29 is 9.47 Å². The first-order chi connectivity index (χ1) is 15.3. The minimum absolute atomic E-state index is 0.179. The van der Waals surface area contributed by atoms with Gasteiger partial charge in [-0.3, -0.25) is 4.98 Å². The third-order valence-corrected chi connectivity index (χ3v) is 7.65. The molecule has 0 amide bonds. The summed E-state index contributed by atoms with van der Waals surface area (Å²) >= 11 is 0. The van der Waals surface area contributed by atoms with Crippen LogP contribution in [0.4, 0.5) is 0 Å². The van der Waals surface area contributed by atoms with Crippen LogP contribution in [0.5, 0.6) is 11.5 Å². The normalized spacial score (nSPS) is 11.3. The zero-order chi connectivity index (χ0) is 22.0. The van der Waals surface area contributed by atoms with Crippen molar-refractivity contribution in [1.29, 1.82) is 0 Å². The fraction of sp³-hybridized carbons (Fsp3) is 0.593. The SMILES string of the molecule is CCCCCCCCOc1ccc(-c2cccc(OCCCC[SiH2]CCCC)c2)nc1. The van der Waals surface area contributed by atoms with E-state index in [1.165, 1.54) is 63.5 Å². The molecule has 1 aromatic carbocycles. The molecule has 0 spiro atoms. The molecule has 0 radical (unpaired) electrons. The van der Waals surface area contributed by atoms with Crippen molar-refractivity contribution in [2.24, 2.45) is 0 Å². The van der Waals surface area contributed by atoms with E-state index in [1.54, 1.807) is 0 Å². The molecule has 0 atom stereocenters. The molecule has 0 aliphatic heterocycles. The molecule has 0 aliphatic carbocycles. The lowest BCUT2D eigenvalue weighted by atomic mass is 10.1. The fourth-order valence-corrected chi connectivity index (χ4v) is 5.62. The number of rotatable bonds is 18. The van der Waals surface area contributed by atoms with Crippen LogP contribution in [0.15, 0.2) is 42.6 Å². The van der Waals surface area contributed by atoms with Crippen molar-refractivity contribution >= 4 is 9.52 Å². The van der Waals surface area contributed by atoms with Crippen LogP contribution in [0, 0.1) is 0 Å². The molecule has 1 heterocycles. The molecule has 0 aliphatic rings. The van der Waals surface area contributed by atoms with Crippen LogP contribution in [-0.2, 0) is 0 Å². The van der Waals surface area contributed by atoms with E-state index in [9.17, 15) is 0 Å². The summed E-state index contributed by atoms with van der Waals surface area (Å²) in [5, 5.41) is 0. The largest absolute Gasteiger partial charge is 0.494 e. The summed E-state index contributed by atoms with van der Waals surface area (Å²) < 4.78 is 11.8. The maximum Gasteiger partial charge on any atom is 0.137 e. The minimum atomic E-state index is 0.179. The van der Waals surface area contributed by atoms with Gasteiger partial charge < -0.3 is 9.47 Å². The van der Waals surface area contributed by atoms with Crippen molar-refractivity contribution in [3.8, 4) is 22.8 Å². The van der Waals surface area contributed by atoms with E-state index in [0.717, 1.165) is 48.8 Å². The number of nitrogens with zero attached hydrogens (tertiary/aromatic N) is 1. The Morgan fingerprint density at radius 3 is 2.19 bits per heavy atom. The first-order valence-corrected chi connectivity index (χ1v) is 14.7. The summed E-state index contributed by atoms with van der Waals surface area (Å²) in [6.45, 7) is 6.12. The molecular weight excluding hydrogens is 398 g/mol. The third-order valence-electron chi connectivity index (χ3n) is 5.65. The maximum atomic E-state index is 5.98. The number of unbranched alkanes of at least 4 members (excludes halogenated alkanes) is 7. The molecule has 1 aromatic heterocycles. The van der Waals surface area contributed by atoms with Crippen LogP contribution in [0.25, 0.3) is 11.3 Å². The summed E-state index contributed by atoms with van der Waals surface area (Å²) in [7, 11) is 0.179. The van der Waals surface area contributed by atoms with Gasteiger partial charge in [-0.1, -0.05) is 89.4 Å². The van der Waals surface area contributed by atoms with Crippen molar-refractivity contribution in [1.82, 2.24) is 4.98 Å². The summed E-state index contributed by atoms with van der Waals surface area (Å²) in [4.78, 5) is 4.60. The highest BCUT2D eigenvalue weighted by atomic mass is 28.2. The van der Waals surface area contributed by atoms with Crippen LogP contribution >= 0.6 is 0 Å². The molecule has 3 nitrogen and oxygen atoms in total. The number of pyridine rings is 1. The maximum absolute atomic E-state index is 5.98. The molecular formula is C27H43NO2Si. The van der Waals surface area contributed by atoms with Gasteiger partial charge in [0, 0.05) is 15.1 Å². The number of benzene rings is 1. The first kappa shape index (κ1) is 25.4. The lowest BCUT2D eigenvalue weighted by Crippen LogP contribution is -1.99. The Balaban J connectivity index is 1.68. The van der Waals surface area contributed by atoms with Gasteiger partial charge in [-0.15, -0.1) is 0 Å². The minimum Gasteiger partial charge on any atom is -0.494 e. The van der Waals surface area contributed by atoms with E-state index < -0.39 is 0 Å². The van der Waals surface area contributed by atoms with Gasteiger partial charge in [0.1, 0.15) is 11.5 Å². The first-order valence-electron chi connectivity index (χ1n) is 12.7. The Bertz CT molecular complexity index is 690. The molecule has 0 N–H and O–H groups in total. The zero-order valence-electron chi connectivity index (χ0n) is 19.9. The van der Waals surface area contributed by atoms with Gasteiger partial charge in [0.25, 0.3) is 0 Å². The average molecular weight is 442 g/mol. The van der Waals surface area contributed by atoms with Gasteiger partial charge in [0.05, 0.1) is 25.1 Å². The molecule has 0 saturated carbocycles. The number of hydrogen-bond acceptors (Lipinski definition) is 3. The second kappa shape index (κ2) is 16.8. The highest BCUT2D eigenvalue weighted by Crippen LogP contribution is 2.24. The molecule has 4 heteroatoms. The van der Waals surface area contributed by atoms with E-state index in [1.807, 2.05) is 30.5 Å². The Kier molecular flexibility index (Phi) is 13.8. The smallest absolute Gasteiger partial charge is 0.137 e. The van der Waals surface area contributed by atoms with Crippen LogP contribution in [0.2, 0.25) is 12.1 Å². The molecule has 2 aromatic rings. The Morgan fingerprint density at radius 1 is 0.710 bits per heavy atom. The summed E-state index contributed by atoms with van der Waals surface area (Å²) in [5.74, 6) is 1.79. The summed E-state index contributed by atoms with van der Waals surface area (Å²) in [6.07, 6.45) is 14.7. The lowest BCUT2D eigenvalue weighted by molar-refractivity contribution is 0.303. The number of hydrogen-bond donors (Lipinski definition) is 0. The van der Waals surface area contributed by atoms with Crippen LogP contribution in [0.3, 0.4) is 0 Å². The molecule has 31 heavy (non-hydrogen) atoms. The Morgan fingerprint density at radius 2 is 1.42 bits per heavy atom. The van der Waals surface area contributed by atoms with Crippen molar-refractivity contribution in [2.45, 2.75) is 90.1 Å². The van der Waals surface area contributed by atoms with Crippen molar-refractivity contribution in [3.63, 3.8) is 0 Å². The zero-order valence-corrected chi connectivity index (χ0v) is 21.3. The molecule has 0 bridgehead atoms. The van der Waals surface area contributed by atoms with Gasteiger partial charge in [-0.2, -0.15) is 0 Å². The lowest BCUT2D eigenvalue weighted by Gasteiger charge is -2.09. The summed E-state index contributed by atoms with van der Waals surface area (Å²) in [6, 6.07) is 15.3.